The minimum atomic E-state index is -4.44. The van der Waals surface area contributed by atoms with Gasteiger partial charge in [-0.3, -0.25) is 14.4 Å². The third-order valence-corrected chi connectivity index (χ3v) is 8.34. The molecule has 1 aliphatic carbocycles. The number of anilines is 1. The monoisotopic (exact) mass is 488 g/mol. The number of para-hydroxylation sites is 2. The molecule has 3 rings (SSSR count). The van der Waals surface area contributed by atoms with E-state index in [1.807, 2.05) is 0 Å². The fourth-order valence-electron chi connectivity index (χ4n) is 4.66. The second-order valence-corrected chi connectivity index (χ2v) is 10.3. The van der Waals surface area contributed by atoms with Crippen LogP contribution in [0.5, 0.6) is 0 Å². The summed E-state index contributed by atoms with van der Waals surface area (Å²) in [6.45, 7) is -0.0454. The highest BCUT2D eigenvalue weighted by Gasteiger charge is 2.37. The molecular weight excluding hydrogens is 460 g/mol. The zero-order chi connectivity index (χ0) is 24.8. The zero-order valence-corrected chi connectivity index (χ0v) is 19.8. The first kappa shape index (κ1) is 25.4. The molecule has 10 heteroatoms. The number of hydrogen-bond donors (Lipinski definition) is 0. The number of ether oxygens (including phenoxy) is 1. The van der Waals surface area contributed by atoms with Crippen molar-refractivity contribution < 1.29 is 27.7 Å². The van der Waals surface area contributed by atoms with E-state index < -0.39 is 31.5 Å². The Balaban J connectivity index is 2.13. The molecular formula is C24H28N2O7S. The van der Waals surface area contributed by atoms with E-state index in [1.54, 1.807) is 12.1 Å². The predicted octanol–water partition coefficient (Wildman–Crippen LogP) is 4.51. The quantitative estimate of drug-likeness (QED) is 0.209. The summed E-state index contributed by atoms with van der Waals surface area (Å²) in [4.78, 5) is 34.3. The molecule has 1 saturated carbocycles. The van der Waals surface area contributed by atoms with Crippen molar-refractivity contribution in [2.45, 2.75) is 49.8 Å². The molecule has 0 aromatic heterocycles. The zero-order valence-electron chi connectivity index (χ0n) is 19.0. The Morgan fingerprint density at radius 3 is 2.41 bits per heavy atom. The Morgan fingerprint density at radius 1 is 1.12 bits per heavy atom. The van der Waals surface area contributed by atoms with Crippen LogP contribution in [0.2, 0.25) is 0 Å². The summed E-state index contributed by atoms with van der Waals surface area (Å²) in [7, 11) is -3.25. The van der Waals surface area contributed by atoms with Gasteiger partial charge in [-0.1, -0.05) is 43.5 Å². The highest BCUT2D eigenvalue weighted by molar-refractivity contribution is 7.93. The van der Waals surface area contributed by atoms with Gasteiger partial charge in [-0.2, -0.15) is 0 Å². The number of benzene rings is 2. The molecule has 0 N–H and O–H groups in total. The first-order valence-electron chi connectivity index (χ1n) is 11.1. The molecule has 1 aliphatic rings. The Hall–Kier alpha value is -3.27. The summed E-state index contributed by atoms with van der Waals surface area (Å²) >= 11 is 0. The highest BCUT2D eigenvalue weighted by Crippen LogP contribution is 2.43. The summed E-state index contributed by atoms with van der Waals surface area (Å²) in [6.07, 6.45) is 6.10. The number of nitro benzene ring substituents is 1. The van der Waals surface area contributed by atoms with Crippen LogP contribution in [0.1, 0.15) is 55.3 Å². The lowest BCUT2D eigenvalue weighted by Crippen LogP contribution is -2.37. The molecule has 0 amide bonds. The number of rotatable bonds is 10. The van der Waals surface area contributed by atoms with E-state index in [9.17, 15) is 28.1 Å². The smallest absolute Gasteiger partial charge is 0.340 e. The van der Waals surface area contributed by atoms with Gasteiger partial charge in [-0.05, 0) is 42.9 Å². The average molecular weight is 489 g/mol. The normalized spacial score (nSPS) is 15.3. The van der Waals surface area contributed by atoms with E-state index in [2.05, 4.69) is 0 Å². The summed E-state index contributed by atoms with van der Waals surface area (Å²) in [5.41, 5.74) is -0.801. The van der Waals surface area contributed by atoms with Crippen LogP contribution in [0.25, 0.3) is 0 Å². The first-order chi connectivity index (χ1) is 16.3. The van der Waals surface area contributed by atoms with Gasteiger partial charge in [0.15, 0.2) is 4.90 Å². The Kier molecular flexibility index (Phi) is 8.03. The lowest BCUT2D eigenvalue weighted by molar-refractivity contribution is -0.387. The Labute approximate surface area is 198 Å². The van der Waals surface area contributed by atoms with Crippen LogP contribution in [-0.2, 0) is 19.6 Å². The topological polar surface area (TPSA) is 124 Å². The van der Waals surface area contributed by atoms with Gasteiger partial charge >= 0.3 is 5.97 Å². The van der Waals surface area contributed by atoms with Crippen molar-refractivity contribution >= 4 is 33.7 Å². The summed E-state index contributed by atoms with van der Waals surface area (Å²) < 4.78 is 33.6. The number of carbonyl (C=O) groups excluding carboxylic acids is 2. The van der Waals surface area contributed by atoms with Crippen LogP contribution in [-0.4, -0.2) is 39.3 Å². The lowest BCUT2D eigenvalue weighted by Gasteiger charge is -2.38. The van der Waals surface area contributed by atoms with Crippen LogP contribution in [0.3, 0.4) is 0 Å². The van der Waals surface area contributed by atoms with Crippen molar-refractivity contribution in [2.24, 2.45) is 5.41 Å². The molecule has 0 atom stereocenters. The summed E-state index contributed by atoms with van der Waals surface area (Å²) in [5.74, 6) is -0.723. The molecule has 182 valence electrons. The van der Waals surface area contributed by atoms with Gasteiger partial charge < -0.3 is 9.53 Å². The predicted molar refractivity (Wildman–Crippen MR) is 126 cm³/mol. The lowest BCUT2D eigenvalue weighted by atomic mass is 9.70. The molecule has 0 bridgehead atoms. The minimum absolute atomic E-state index is 0.0280. The van der Waals surface area contributed by atoms with Crippen molar-refractivity contribution in [3.05, 3.63) is 64.2 Å². The van der Waals surface area contributed by atoms with Gasteiger partial charge in [0.25, 0.3) is 15.7 Å². The van der Waals surface area contributed by atoms with Crippen LogP contribution >= 0.6 is 0 Å². The van der Waals surface area contributed by atoms with Crippen LogP contribution < -0.4 is 4.31 Å². The number of nitrogens with zero attached hydrogens (tertiary/aromatic N) is 2. The standard InChI is InChI=1S/C24H28N2O7S/c1-33-23(28)19-9-3-4-10-20(19)25(17-15-24(16-18-27)13-7-2-8-14-24)34(31,32)22-12-6-5-11-21(22)26(29)30/h3-6,9-12,18H,2,7-8,13-17H2,1H3. The molecule has 2 aromatic rings. The third-order valence-electron chi connectivity index (χ3n) is 6.48. The molecule has 0 unspecified atom stereocenters. The van der Waals surface area contributed by atoms with Gasteiger partial charge in [0.1, 0.15) is 6.29 Å². The van der Waals surface area contributed by atoms with Crippen molar-refractivity contribution in [2.75, 3.05) is 18.0 Å². The molecule has 0 aliphatic heterocycles. The average Bonchev–Trinajstić information content (AvgIpc) is 2.84. The number of carbonyl (C=O) groups is 2. The van der Waals surface area contributed by atoms with E-state index in [-0.39, 0.29) is 23.2 Å². The van der Waals surface area contributed by atoms with E-state index >= 15 is 0 Å². The number of methoxy groups -OCH3 is 1. The Bertz CT molecular complexity index is 1160. The van der Waals surface area contributed by atoms with Gasteiger partial charge in [-0.15, -0.1) is 0 Å². The molecule has 34 heavy (non-hydrogen) atoms. The fraction of sp³-hybridized carbons (Fsp3) is 0.417. The van der Waals surface area contributed by atoms with E-state index in [4.69, 9.17) is 4.74 Å². The van der Waals surface area contributed by atoms with E-state index in [0.717, 1.165) is 48.8 Å². The highest BCUT2D eigenvalue weighted by atomic mass is 32.2. The second kappa shape index (κ2) is 10.8. The first-order valence-corrected chi connectivity index (χ1v) is 12.6. The van der Waals surface area contributed by atoms with Gasteiger partial charge in [0, 0.05) is 19.0 Å². The maximum Gasteiger partial charge on any atom is 0.340 e. The number of aldehydes is 1. The van der Waals surface area contributed by atoms with Crippen molar-refractivity contribution in [3.63, 3.8) is 0 Å². The van der Waals surface area contributed by atoms with Gasteiger partial charge in [-0.25, -0.2) is 13.2 Å². The second-order valence-electron chi connectivity index (χ2n) is 8.49. The van der Waals surface area contributed by atoms with Crippen LogP contribution in [0, 0.1) is 15.5 Å². The van der Waals surface area contributed by atoms with E-state index in [1.165, 1.54) is 37.4 Å². The summed E-state index contributed by atoms with van der Waals surface area (Å²) in [5, 5.41) is 11.6. The van der Waals surface area contributed by atoms with E-state index in [0.29, 0.717) is 12.8 Å². The molecule has 0 heterocycles. The number of sulfonamides is 1. The van der Waals surface area contributed by atoms with Crippen LogP contribution in [0.4, 0.5) is 11.4 Å². The van der Waals surface area contributed by atoms with Crippen molar-refractivity contribution in [1.82, 2.24) is 0 Å². The largest absolute Gasteiger partial charge is 0.465 e. The molecule has 9 nitrogen and oxygen atoms in total. The third kappa shape index (κ3) is 5.27. The number of nitro groups is 1. The number of hydrogen-bond acceptors (Lipinski definition) is 7. The van der Waals surface area contributed by atoms with Crippen LogP contribution in [0.15, 0.2) is 53.4 Å². The molecule has 2 aromatic carbocycles. The molecule has 1 fully saturated rings. The van der Waals surface area contributed by atoms with Crippen molar-refractivity contribution in [3.8, 4) is 0 Å². The maximum atomic E-state index is 13.9. The van der Waals surface area contributed by atoms with Crippen molar-refractivity contribution in [1.29, 1.82) is 0 Å². The Morgan fingerprint density at radius 2 is 1.76 bits per heavy atom. The number of esters is 1. The maximum absolute atomic E-state index is 13.9. The minimum Gasteiger partial charge on any atom is -0.465 e. The SMILES string of the molecule is COC(=O)c1ccccc1N(CCC1(CC=O)CCCCC1)S(=O)(=O)c1ccccc1[N+](=O)[O-]. The molecule has 0 radical (unpaired) electrons. The van der Waals surface area contributed by atoms with Gasteiger partial charge in [0.2, 0.25) is 0 Å². The summed E-state index contributed by atoms with van der Waals surface area (Å²) in [6, 6.07) is 11.2. The molecule has 0 spiro atoms. The fourth-order valence-corrected chi connectivity index (χ4v) is 6.31. The molecule has 0 saturated heterocycles. The van der Waals surface area contributed by atoms with Gasteiger partial charge in [0.05, 0.1) is 23.3 Å².